The van der Waals surface area contributed by atoms with Crippen LogP contribution >= 0.6 is 0 Å². The lowest BCUT2D eigenvalue weighted by atomic mass is 9.95. The molecule has 1 aromatic carbocycles. The van der Waals surface area contributed by atoms with E-state index < -0.39 is 0 Å². The minimum atomic E-state index is 0.192. The molecule has 1 aliphatic rings. The van der Waals surface area contributed by atoms with Crippen LogP contribution in [0.2, 0.25) is 0 Å². The second-order valence-corrected chi connectivity index (χ2v) is 4.56. The Morgan fingerprint density at radius 2 is 2.35 bits per heavy atom. The van der Waals surface area contributed by atoms with Gasteiger partial charge in [-0.1, -0.05) is 13.3 Å². The van der Waals surface area contributed by atoms with Crippen molar-refractivity contribution < 1.29 is 9.53 Å². The lowest BCUT2D eigenvalue weighted by molar-refractivity contribution is 0.0961. The molecule has 1 aliphatic heterocycles. The molecule has 1 heterocycles. The molecule has 0 spiro atoms. The number of nitrogens with two attached hydrogens (primary N) is 1. The van der Waals surface area contributed by atoms with Crippen molar-refractivity contribution in [2.45, 2.75) is 26.2 Å². The molecule has 92 valence electrons. The van der Waals surface area contributed by atoms with Crippen LogP contribution in [0, 0.1) is 5.92 Å². The van der Waals surface area contributed by atoms with Gasteiger partial charge < -0.3 is 10.5 Å². The highest BCUT2D eigenvalue weighted by atomic mass is 16.5. The van der Waals surface area contributed by atoms with Gasteiger partial charge in [0, 0.05) is 18.4 Å². The van der Waals surface area contributed by atoms with E-state index in [0.29, 0.717) is 18.9 Å². The summed E-state index contributed by atoms with van der Waals surface area (Å²) in [4.78, 5) is 12.1. The van der Waals surface area contributed by atoms with E-state index in [1.54, 1.807) is 0 Å². The van der Waals surface area contributed by atoms with Crippen LogP contribution in [-0.4, -0.2) is 18.9 Å². The molecule has 3 heteroatoms. The van der Waals surface area contributed by atoms with Crippen molar-refractivity contribution in [1.29, 1.82) is 0 Å². The van der Waals surface area contributed by atoms with Crippen molar-refractivity contribution >= 4 is 5.78 Å². The quantitative estimate of drug-likeness (QED) is 0.793. The summed E-state index contributed by atoms with van der Waals surface area (Å²) < 4.78 is 5.43. The van der Waals surface area contributed by atoms with E-state index in [2.05, 4.69) is 6.92 Å². The summed E-state index contributed by atoms with van der Waals surface area (Å²) in [6.07, 6.45) is 2.41. The molecular formula is C14H19NO2. The van der Waals surface area contributed by atoms with E-state index in [-0.39, 0.29) is 5.78 Å². The van der Waals surface area contributed by atoms with Crippen molar-refractivity contribution in [2.75, 3.05) is 13.2 Å². The second-order valence-electron chi connectivity index (χ2n) is 4.56. The summed E-state index contributed by atoms with van der Waals surface area (Å²) in [5.41, 5.74) is 7.57. The topological polar surface area (TPSA) is 52.3 Å². The Bertz CT molecular complexity index is 411. The minimum Gasteiger partial charge on any atom is -0.493 e. The van der Waals surface area contributed by atoms with Crippen LogP contribution in [0.3, 0.4) is 0 Å². The highest BCUT2D eigenvalue weighted by molar-refractivity contribution is 5.96. The number of carbonyl (C=O) groups is 1. The zero-order chi connectivity index (χ0) is 12.3. The van der Waals surface area contributed by atoms with Gasteiger partial charge in [-0.05, 0) is 36.2 Å². The third kappa shape index (κ3) is 2.67. The summed E-state index contributed by atoms with van der Waals surface area (Å²) >= 11 is 0. The average molecular weight is 233 g/mol. The van der Waals surface area contributed by atoms with E-state index in [1.165, 1.54) is 0 Å². The molecule has 0 saturated carbocycles. The number of benzene rings is 1. The van der Waals surface area contributed by atoms with Crippen LogP contribution < -0.4 is 10.5 Å². The predicted octanol–water partition coefficient (Wildman–Crippen LogP) is 2.18. The van der Waals surface area contributed by atoms with E-state index in [0.717, 1.165) is 36.3 Å². The molecule has 0 radical (unpaired) electrons. The van der Waals surface area contributed by atoms with Gasteiger partial charge in [-0.3, -0.25) is 4.79 Å². The van der Waals surface area contributed by atoms with Gasteiger partial charge in [0.2, 0.25) is 0 Å². The first-order valence-electron chi connectivity index (χ1n) is 6.23. The third-order valence-electron chi connectivity index (χ3n) is 3.40. The molecule has 0 saturated heterocycles. The molecule has 1 atom stereocenters. The van der Waals surface area contributed by atoms with Crippen molar-refractivity contribution in [1.82, 2.24) is 0 Å². The van der Waals surface area contributed by atoms with Crippen molar-refractivity contribution in [3.8, 4) is 5.75 Å². The van der Waals surface area contributed by atoms with Crippen LogP contribution in [0.1, 0.15) is 35.7 Å². The summed E-state index contributed by atoms with van der Waals surface area (Å²) in [5, 5.41) is 0. The number of fused-ring (bicyclic) bond motifs is 1. The number of hydrogen-bond acceptors (Lipinski definition) is 3. The highest BCUT2D eigenvalue weighted by Gasteiger charge is 2.17. The first-order chi connectivity index (χ1) is 8.24. The fraction of sp³-hybridized carbons (Fsp3) is 0.500. The molecule has 0 amide bonds. The van der Waals surface area contributed by atoms with Crippen LogP contribution in [0.15, 0.2) is 18.2 Å². The molecule has 0 bridgehead atoms. The van der Waals surface area contributed by atoms with Crippen LogP contribution in [-0.2, 0) is 6.42 Å². The summed E-state index contributed by atoms with van der Waals surface area (Å²) in [7, 11) is 0. The molecule has 0 fully saturated rings. The summed E-state index contributed by atoms with van der Waals surface area (Å²) in [6, 6.07) is 5.72. The molecule has 17 heavy (non-hydrogen) atoms. The first kappa shape index (κ1) is 12.1. The van der Waals surface area contributed by atoms with Crippen molar-refractivity contribution in [3.05, 3.63) is 29.3 Å². The largest absolute Gasteiger partial charge is 0.493 e. The number of ketones is 1. The molecule has 2 rings (SSSR count). The minimum absolute atomic E-state index is 0.192. The van der Waals surface area contributed by atoms with Gasteiger partial charge in [0.15, 0.2) is 5.78 Å². The molecule has 0 aliphatic carbocycles. The number of rotatable bonds is 5. The van der Waals surface area contributed by atoms with Crippen molar-refractivity contribution in [2.24, 2.45) is 11.7 Å². The van der Waals surface area contributed by atoms with Gasteiger partial charge in [0.25, 0.3) is 0 Å². The molecule has 3 nitrogen and oxygen atoms in total. The van der Waals surface area contributed by atoms with Gasteiger partial charge in [-0.25, -0.2) is 0 Å². The Morgan fingerprint density at radius 1 is 1.53 bits per heavy atom. The zero-order valence-corrected chi connectivity index (χ0v) is 10.2. The summed E-state index contributed by atoms with van der Waals surface area (Å²) in [5.74, 6) is 1.41. The SMILES string of the molecule is CCC(CN)CC(=O)c1ccc2c(c1)CCO2. The zero-order valence-electron chi connectivity index (χ0n) is 10.2. The maximum absolute atomic E-state index is 12.1. The van der Waals surface area contributed by atoms with Gasteiger partial charge >= 0.3 is 0 Å². The number of Topliss-reactive ketones (excluding diaryl/α,β-unsaturated/α-hetero) is 1. The number of carbonyl (C=O) groups excluding carboxylic acids is 1. The monoisotopic (exact) mass is 233 g/mol. The van der Waals surface area contributed by atoms with E-state index in [9.17, 15) is 4.79 Å². The lowest BCUT2D eigenvalue weighted by Crippen LogP contribution is -2.17. The molecule has 1 aromatic rings. The smallest absolute Gasteiger partial charge is 0.163 e. The Morgan fingerprint density at radius 3 is 3.06 bits per heavy atom. The lowest BCUT2D eigenvalue weighted by Gasteiger charge is -2.11. The van der Waals surface area contributed by atoms with Crippen molar-refractivity contribution in [3.63, 3.8) is 0 Å². The first-order valence-corrected chi connectivity index (χ1v) is 6.23. The van der Waals surface area contributed by atoms with Gasteiger partial charge in [-0.2, -0.15) is 0 Å². The van der Waals surface area contributed by atoms with Gasteiger partial charge in [0.1, 0.15) is 5.75 Å². The molecular weight excluding hydrogens is 214 g/mol. The summed E-state index contributed by atoms with van der Waals surface area (Å²) in [6.45, 7) is 3.38. The predicted molar refractivity (Wildman–Crippen MR) is 67.4 cm³/mol. The van der Waals surface area contributed by atoms with E-state index in [1.807, 2.05) is 18.2 Å². The highest BCUT2D eigenvalue weighted by Crippen LogP contribution is 2.26. The standard InChI is InChI=1S/C14H19NO2/c1-2-10(9-15)7-13(16)11-3-4-14-12(8-11)5-6-17-14/h3-4,8,10H,2,5-7,9,15H2,1H3. The van der Waals surface area contributed by atoms with E-state index in [4.69, 9.17) is 10.5 Å². The second kappa shape index (κ2) is 5.32. The van der Waals surface area contributed by atoms with E-state index >= 15 is 0 Å². The Hall–Kier alpha value is -1.35. The maximum atomic E-state index is 12.1. The van der Waals surface area contributed by atoms with Crippen LogP contribution in [0.25, 0.3) is 0 Å². The number of ether oxygens (including phenoxy) is 1. The maximum Gasteiger partial charge on any atom is 0.163 e. The fourth-order valence-electron chi connectivity index (χ4n) is 2.13. The van der Waals surface area contributed by atoms with Crippen LogP contribution in [0.5, 0.6) is 5.75 Å². The van der Waals surface area contributed by atoms with Gasteiger partial charge in [-0.15, -0.1) is 0 Å². The Labute approximate surface area is 102 Å². The van der Waals surface area contributed by atoms with Crippen LogP contribution in [0.4, 0.5) is 0 Å². The fourth-order valence-corrected chi connectivity index (χ4v) is 2.13. The average Bonchev–Trinajstić information content (AvgIpc) is 2.82. The van der Waals surface area contributed by atoms with Gasteiger partial charge in [0.05, 0.1) is 6.61 Å². The number of hydrogen-bond donors (Lipinski definition) is 1. The molecule has 1 unspecified atom stereocenters. The normalized spacial score (nSPS) is 15.2. The Balaban J connectivity index is 2.09. The molecule has 0 aromatic heterocycles. The molecule has 2 N–H and O–H groups in total. The Kier molecular flexibility index (Phi) is 3.79. The third-order valence-corrected chi connectivity index (χ3v) is 3.40.